The van der Waals surface area contributed by atoms with Crippen molar-refractivity contribution in [1.82, 2.24) is 9.80 Å². The van der Waals surface area contributed by atoms with Gasteiger partial charge < -0.3 is 9.80 Å². The number of benzene rings is 1. The Kier molecular flexibility index (Phi) is 4.95. The van der Waals surface area contributed by atoms with Crippen molar-refractivity contribution in [2.75, 3.05) is 26.2 Å². The fourth-order valence-corrected chi connectivity index (χ4v) is 2.86. The van der Waals surface area contributed by atoms with Gasteiger partial charge >= 0.3 is 6.18 Å². The molecule has 1 aliphatic rings. The Morgan fingerprint density at radius 1 is 1.30 bits per heavy atom. The molecule has 0 saturated carbocycles. The summed E-state index contributed by atoms with van der Waals surface area (Å²) >= 11 is 0. The van der Waals surface area contributed by atoms with E-state index in [0.717, 1.165) is 19.2 Å². The molecule has 23 heavy (non-hydrogen) atoms. The Hall–Kier alpha value is -2.07. The van der Waals surface area contributed by atoms with Crippen molar-refractivity contribution >= 4 is 5.91 Å². The molecule has 0 radical (unpaired) electrons. The van der Waals surface area contributed by atoms with Gasteiger partial charge in [0.15, 0.2) is 0 Å². The Morgan fingerprint density at radius 3 is 2.48 bits per heavy atom. The molecular weight excluding hydrogens is 307 g/mol. The van der Waals surface area contributed by atoms with Gasteiger partial charge in [-0.25, -0.2) is 0 Å². The van der Waals surface area contributed by atoms with Crippen molar-refractivity contribution in [3.63, 3.8) is 0 Å². The lowest BCUT2D eigenvalue weighted by atomic mass is 10.00. The van der Waals surface area contributed by atoms with Crippen LogP contribution in [0, 0.1) is 11.3 Å². The molecule has 1 aromatic carbocycles. The number of nitriles is 1. The first-order valence-electron chi connectivity index (χ1n) is 7.48. The first kappa shape index (κ1) is 17.3. The lowest BCUT2D eigenvalue weighted by Crippen LogP contribution is -2.37. The van der Waals surface area contributed by atoms with Crippen LogP contribution in [0.5, 0.6) is 0 Å². The van der Waals surface area contributed by atoms with Gasteiger partial charge in [-0.3, -0.25) is 4.79 Å². The summed E-state index contributed by atoms with van der Waals surface area (Å²) < 4.78 is 39.4. The van der Waals surface area contributed by atoms with Gasteiger partial charge in [-0.05, 0) is 19.2 Å². The highest BCUT2D eigenvalue weighted by molar-refractivity contribution is 6.01. The molecule has 0 fully saturated rings. The number of rotatable bonds is 5. The van der Waals surface area contributed by atoms with Gasteiger partial charge in [-0.1, -0.05) is 26.0 Å². The van der Waals surface area contributed by atoms with Crippen molar-refractivity contribution in [3.8, 4) is 6.07 Å². The summed E-state index contributed by atoms with van der Waals surface area (Å²) in [6, 6.07) is 4.55. The van der Waals surface area contributed by atoms with E-state index in [1.54, 1.807) is 0 Å². The zero-order valence-corrected chi connectivity index (χ0v) is 13.0. The fraction of sp³-hybridized carbons (Fsp3) is 0.500. The molecule has 0 saturated heterocycles. The number of amides is 1. The van der Waals surface area contributed by atoms with Gasteiger partial charge in [-0.15, -0.1) is 0 Å². The second-order valence-electron chi connectivity index (χ2n) is 5.32. The van der Waals surface area contributed by atoms with Crippen LogP contribution in [0.1, 0.15) is 41.4 Å². The Balaban J connectivity index is 2.36. The molecule has 1 atom stereocenters. The molecule has 0 aromatic heterocycles. The molecule has 4 nitrogen and oxygen atoms in total. The van der Waals surface area contributed by atoms with Crippen LogP contribution in [-0.4, -0.2) is 41.9 Å². The van der Waals surface area contributed by atoms with Crippen molar-refractivity contribution in [2.45, 2.75) is 26.1 Å². The van der Waals surface area contributed by atoms with Gasteiger partial charge in [0.1, 0.15) is 6.04 Å². The number of nitrogens with zero attached hydrogens (tertiary/aromatic N) is 3. The molecule has 1 heterocycles. The van der Waals surface area contributed by atoms with E-state index in [9.17, 15) is 23.2 Å². The van der Waals surface area contributed by atoms with E-state index in [1.807, 2.05) is 19.9 Å². The summed E-state index contributed by atoms with van der Waals surface area (Å²) in [7, 11) is 0. The standard InChI is InChI=1S/C16H18F3N3O/c1-3-21(4-2)8-9-22-13(10-20)11-6-5-7-12(16(17,18)19)14(11)15(22)23/h5-7,13H,3-4,8-9H2,1-2H3. The Bertz CT molecular complexity index is 632. The van der Waals surface area contributed by atoms with E-state index >= 15 is 0 Å². The highest BCUT2D eigenvalue weighted by Crippen LogP contribution is 2.41. The minimum absolute atomic E-state index is 0.145. The van der Waals surface area contributed by atoms with Crippen LogP contribution in [0.4, 0.5) is 13.2 Å². The summed E-state index contributed by atoms with van der Waals surface area (Å²) in [4.78, 5) is 15.8. The van der Waals surface area contributed by atoms with Crippen LogP contribution in [0.25, 0.3) is 0 Å². The summed E-state index contributed by atoms with van der Waals surface area (Å²) in [5, 5.41) is 9.34. The molecule has 1 aliphatic heterocycles. The number of fused-ring (bicyclic) bond motifs is 1. The topological polar surface area (TPSA) is 47.3 Å². The summed E-state index contributed by atoms with van der Waals surface area (Å²) in [5.41, 5.74) is -1.21. The molecule has 1 unspecified atom stereocenters. The lowest BCUT2D eigenvalue weighted by molar-refractivity contribution is -0.137. The number of carbonyl (C=O) groups excluding carboxylic acids is 1. The Morgan fingerprint density at radius 2 is 1.96 bits per heavy atom. The smallest absolute Gasteiger partial charge is 0.317 e. The predicted molar refractivity (Wildman–Crippen MR) is 78.6 cm³/mol. The highest BCUT2D eigenvalue weighted by atomic mass is 19.4. The molecule has 2 rings (SSSR count). The van der Waals surface area contributed by atoms with Crippen LogP contribution in [-0.2, 0) is 6.18 Å². The largest absolute Gasteiger partial charge is 0.417 e. The lowest BCUT2D eigenvalue weighted by Gasteiger charge is -2.25. The maximum atomic E-state index is 13.1. The van der Waals surface area contributed by atoms with Gasteiger partial charge in [0.25, 0.3) is 5.91 Å². The second kappa shape index (κ2) is 6.59. The first-order chi connectivity index (χ1) is 10.8. The molecule has 0 N–H and O–H groups in total. The quantitative estimate of drug-likeness (QED) is 0.836. The van der Waals surface area contributed by atoms with Crippen molar-refractivity contribution in [2.24, 2.45) is 0 Å². The zero-order valence-electron chi connectivity index (χ0n) is 13.0. The first-order valence-corrected chi connectivity index (χ1v) is 7.48. The van der Waals surface area contributed by atoms with E-state index in [2.05, 4.69) is 4.90 Å². The summed E-state index contributed by atoms with van der Waals surface area (Å²) in [5.74, 6) is -0.716. The Labute approximate surface area is 133 Å². The monoisotopic (exact) mass is 325 g/mol. The van der Waals surface area contributed by atoms with E-state index in [4.69, 9.17) is 0 Å². The third kappa shape index (κ3) is 3.17. The molecule has 124 valence electrons. The number of halogens is 3. The van der Waals surface area contributed by atoms with Gasteiger partial charge in [0, 0.05) is 18.7 Å². The van der Waals surface area contributed by atoms with Crippen LogP contribution in [0.15, 0.2) is 18.2 Å². The molecular formula is C16H18F3N3O. The summed E-state index contributed by atoms with van der Waals surface area (Å²) in [6.07, 6.45) is -4.62. The van der Waals surface area contributed by atoms with Crippen molar-refractivity contribution < 1.29 is 18.0 Å². The van der Waals surface area contributed by atoms with Gasteiger partial charge in [-0.2, -0.15) is 18.4 Å². The maximum absolute atomic E-state index is 13.1. The average Bonchev–Trinajstić information content (AvgIpc) is 2.79. The van der Waals surface area contributed by atoms with Gasteiger partial charge in [0.2, 0.25) is 0 Å². The third-order valence-electron chi connectivity index (χ3n) is 4.16. The minimum Gasteiger partial charge on any atom is -0.317 e. The van der Waals surface area contributed by atoms with Crippen LogP contribution < -0.4 is 0 Å². The van der Waals surface area contributed by atoms with E-state index in [1.165, 1.54) is 17.0 Å². The minimum atomic E-state index is -4.62. The van der Waals surface area contributed by atoms with E-state index in [-0.39, 0.29) is 17.7 Å². The van der Waals surface area contributed by atoms with Crippen LogP contribution in [0.3, 0.4) is 0 Å². The number of likely N-dealkylation sites (N-methyl/N-ethyl adjacent to an activating group) is 1. The van der Waals surface area contributed by atoms with E-state index in [0.29, 0.717) is 6.54 Å². The average molecular weight is 325 g/mol. The number of hydrogen-bond donors (Lipinski definition) is 0. The maximum Gasteiger partial charge on any atom is 0.417 e. The third-order valence-corrected chi connectivity index (χ3v) is 4.16. The number of carbonyl (C=O) groups is 1. The molecule has 7 heteroatoms. The van der Waals surface area contributed by atoms with Crippen molar-refractivity contribution in [3.05, 3.63) is 34.9 Å². The van der Waals surface area contributed by atoms with Crippen LogP contribution >= 0.6 is 0 Å². The predicted octanol–water partition coefficient (Wildman–Crippen LogP) is 3.07. The van der Waals surface area contributed by atoms with Crippen LogP contribution in [0.2, 0.25) is 0 Å². The van der Waals surface area contributed by atoms with Gasteiger partial charge in [0.05, 0.1) is 17.2 Å². The zero-order chi connectivity index (χ0) is 17.2. The molecule has 0 bridgehead atoms. The highest BCUT2D eigenvalue weighted by Gasteiger charge is 2.44. The molecule has 0 spiro atoms. The summed E-state index contributed by atoms with van der Waals surface area (Å²) in [6.45, 7) is 6.23. The normalized spacial score (nSPS) is 17.5. The SMILES string of the molecule is CCN(CC)CCN1C(=O)c2c(cccc2C(F)(F)F)C1C#N. The second-order valence-corrected chi connectivity index (χ2v) is 5.32. The fourth-order valence-electron chi connectivity index (χ4n) is 2.86. The number of hydrogen-bond acceptors (Lipinski definition) is 3. The molecule has 1 aromatic rings. The molecule has 1 amide bonds. The molecule has 0 aliphatic carbocycles. The number of alkyl halides is 3. The van der Waals surface area contributed by atoms with E-state index < -0.39 is 23.7 Å². The van der Waals surface area contributed by atoms with Crippen molar-refractivity contribution in [1.29, 1.82) is 5.26 Å².